The lowest BCUT2D eigenvalue weighted by Gasteiger charge is -2.29. The molecule has 0 atom stereocenters. The quantitative estimate of drug-likeness (QED) is 0.168. The predicted octanol–water partition coefficient (Wildman–Crippen LogP) is 14.8. The molecular weight excluding hydrogens is 651 g/mol. The maximum Gasteiger partial charge on any atom is 0.0540 e. The minimum absolute atomic E-state index is 0.0844. The lowest BCUT2D eigenvalue weighted by molar-refractivity contribution is 0.660. The molecule has 0 spiro atoms. The van der Waals surface area contributed by atoms with Crippen LogP contribution in [0.5, 0.6) is 0 Å². The number of anilines is 3. The molecular formula is C53H39N. The van der Waals surface area contributed by atoms with E-state index in [0.717, 1.165) is 17.1 Å². The minimum Gasteiger partial charge on any atom is -0.310 e. The summed E-state index contributed by atoms with van der Waals surface area (Å²) in [7, 11) is 0. The molecule has 0 aliphatic heterocycles. The number of fused-ring (bicyclic) bond motifs is 5. The Balaban J connectivity index is 1.18. The van der Waals surface area contributed by atoms with E-state index in [2.05, 4.69) is 219 Å². The lowest BCUT2D eigenvalue weighted by Crippen LogP contribution is -2.15. The summed E-state index contributed by atoms with van der Waals surface area (Å²) in [6.07, 6.45) is 0. The Morgan fingerprint density at radius 1 is 0.333 bits per heavy atom. The molecule has 0 heterocycles. The Morgan fingerprint density at radius 3 is 1.43 bits per heavy atom. The van der Waals surface area contributed by atoms with Crippen LogP contribution in [-0.2, 0) is 5.41 Å². The van der Waals surface area contributed by atoms with Crippen LogP contribution in [0.2, 0.25) is 0 Å². The molecule has 1 aliphatic carbocycles. The van der Waals surface area contributed by atoms with E-state index >= 15 is 0 Å². The van der Waals surface area contributed by atoms with Gasteiger partial charge in [-0.05, 0) is 114 Å². The van der Waals surface area contributed by atoms with Gasteiger partial charge in [-0.2, -0.15) is 0 Å². The topological polar surface area (TPSA) is 3.24 Å². The fourth-order valence-electron chi connectivity index (χ4n) is 8.69. The van der Waals surface area contributed by atoms with Gasteiger partial charge in [0.25, 0.3) is 0 Å². The van der Waals surface area contributed by atoms with Crippen LogP contribution in [0, 0.1) is 0 Å². The number of nitrogens with zero attached hydrogens (tertiary/aromatic N) is 1. The molecule has 0 N–H and O–H groups in total. The third-order valence-corrected chi connectivity index (χ3v) is 11.4. The largest absolute Gasteiger partial charge is 0.310 e. The van der Waals surface area contributed by atoms with Crippen molar-refractivity contribution in [1.82, 2.24) is 0 Å². The van der Waals surface area contributed by atoms with Gasteiger partial charge in [0.05, 0.1) is 5.69 Å². The summed E-state index contributed by atoms with van der Waals surface area (Å²) in [5, 5.41) is 4.98. The van der Waals surface area contributed by atoms with Crippen molar-refractivity contribution in [2.75, 3.05) is 4.90 Å². The van der Waals surface area contributed by atoms with Crippen LogP contribution in [0.1, 0.15) is 25.0 Å². The van der Waals surface area contributed by atoms with E-state index in [1.54, 1.807) is 0 Å². The number of benzene rings is 9. The van der Waals surface area contributed by atoms with Crippen molar-refractivity contribution < 1.29 is 0 Å². The molecule has 256 valence electrons. The molecule has 0 aromatic heterocycles. The van der Waals surface area contributed by atoms with E-state index in [4.69, 9.17) is 0 Å². The van der Waals surface area contributed by atoms with Crippen molar-refractivity contribution in [2.24, 2.45) is 0 Å². The molecule has 0 saturated carbocycles. The summed E-state index contributed by atoms with van der Waals surface area (Å²) in [4.78, 5) is 2.45. The van der Waals surface area contributed by atoms with Crippen molar-refractivity contribution >= 4 is 38.6 Å². The first-order valence-corrected chi connectivity index (χ1v) is 18.8. The van der Waals surface area contributed by atoms with Gasteiger partial charge in [0.2, 0.25) is 0 Å². The first-order chi connectivity index (χ1) is 26.5. The molecule has 9 aromatic carbocycles. The first-order valence-electron chi connectivity index (χ1n) is 18.8. The smallest absolute Gasteiger partial charge is 0.0540 e. The van der Waals surface area contributed by atoms with Gasteiger partial charge >= 0.3 is 0 Å². The predicted molar refractivity (Wildman–Crippen MR) is 230 cm³/mol. The SMILES string of the molecule is CC1(C)c2ccccc2-c2c(-c3ccccc3N(c3cccc(-c4ccc5ccccc5c4)c3)c3cccc(-c4ccc5ccccc5c4)c3)cccc21. The Hall–Kier alpha value is -6.70. The summed E-state index contributed by atoms with van der Waals surface area (Å²) >= 11 is 0. The van der Waals surface area contributed by atoms with Crippen LogP contribution < -0.4 is 4.90 Å². The van der Waals surface area contributed by atoms with Gasteiger partial charge in [-0.25, -0.2) is 0 Å². The van der Waals surface area contributed by atoms with E-state index in [-0.39, 0.29) is 5.41 Å². The van der Waals surface area contributed by atoms with E-state index in [1.165, 1.54) is 77.2 Å². The summed E-state index contributed by atoms with van der Waals surface area (Å²) < 4.78 is 0. The second-order valence-electron chi connectivity index (χ2n) is 15.0. The lowest BCUT2D eigenvalue weighted by atomic mass is 9.82. The average Bonchev–Trinajstić information content (AvgIpc) is 3.47. The highest BCUT2D eigenvalue weighted by Crippen LogP contribution is 2.54. The van der Waals surface area contributed by atoms with Gasteiger partial charge in [0, 0.05) is 22.4 Å². The highest BCUT2D eigenvalue weighted by Gasteiger charge is 2.37. The molecule has 0 bridgehead atoms. The van der Waals surface area contributed by atoms with Crippen LogP contribution in [0.4, 0.5) is 17.1 Å². The third-order valence-electron chi connectivity index (χ3n) is 11.4. The monoisotopic (exact) mass is 689 g/mol. The van der Waals surface area contributed by atoms with Crippen LogP contribution in [0.25, 0.3) is 66.1 Å². The van der Waals surface area contributed by atoms with Crippen molar-refractivity contribution in [3.8, 4) is 44.5 Å². The highest BCUT2D eigenvalue weighted by molar-refractivity contribution is 5.99. The summed E-state index contributed by atoms with van der Waals surface area (Å²) in [5.41, 5.74) is 15.9. The van der Waals surface area contributed by atoms with Crippen LogP contribution in [0.15, 0.2) is 200 Å². The molecule has 1 heteroatoms. The zero-order chi connectivity index (χ0) is 36.2. The van der Waals surface area contributed by atoms with E-state index in [0.29, 0.717) is 0 Å². The van der Waals surface area contributed by atoms with Crippen molar-refractivity contribution in [3.63, 3.8) is 0 Å². The maximum absolute atomic E-state index is 2.45. The number of para-hydroxylation sites is 1. The van der Waals surface area contributed by atoms with Gasteiger partial charge in [-0.15, -0.1) is 0 Å². The normalized spacial score (nSPS) is 12.8. The standard InChI is InChI=1S/C53H39N/c1-53(2)49-25-9-7-23-48(49)52-47(24-13-26-50(52)53)46-22-8-10-27-51(46)54(44-20-11-18-40(34-44)42-30-28-36-14-3-5-16-38(36)32-42)45-21-12-19-41(35-45)43-31-29-37-15-4-6-17-39(37)33-43/h3-35H,1-2H3. The zero-order valence-electron chi connectivity index (χ0n) is 30.5. The Morgan fingerprint density at radius 2 is 0.796 bits per heavy atom. The molecule has 0 unspecified atom stereocenters. The number of hydrogen-bond acceptors (Lipinski definition) is 1. The first kappa shape index (κ1) is 32.0. The van der Waals surface area contributed by atoms with Crippen LogP contribution in [-0.4, -0.2) is 0 Å². The van der Waals surface area contributed by atoms with E-state index < -0.39 is 0 Å². The summed E-state index contributed by atoms with van der Waals surface area (Å²) in [6, 6.07) is 73.5. The number of rotatable bonds is 6. The van der Waals surface area contributed by atoms with Gasteiger partial charge < -0.3 is 4.90 Å². The van der Waals surface area contributed by atoms with Gasteiger partial charge in [-0.1, -0.05) is 172 Å². The zero-order valence-corrected chi connectivity index (χ0v) is 30.5. The Labute approximate surface area is 317 Å². The molecule has 0 radical (unpaired) electrons. The minimum atomic E-state index is -0.0844. The van der Waals surface area contributed by atoms with Gasteiger partial charge in [0.15, 0.2) is 0 Å². The van der Waals surface area contributed by atoms with Crippen LogP contribution >= 0.6 is 0 Å². The summed E-state index contributed by atoms with van der Waals surface area (Å²) in [6.45, 7) is 4.71. The molecule has 1 aliphatic rings. The second-order valence-corrected chi connectivity index (χ2v) is 15.0. The average molecular weight is 690 g/mol. The third kappa shape index (κ3) is 5.32. The molecule has 0 saturated heterocycles. The van der Waals surface area contributed by atoms with Crippen molar-refractivity contribution in [3.05, 3.63) is 211 Å². The molecule has 54 heavy (non-hydrogen) atoms. The van der Waals surface area contributed by atoms with Crippen LogP contribution in [0.3, 0.4) is 0 Å². The van der Waals surface area contributed by atoms with E-state index in [1.807, 2.05) is 0 Å². The summed E-state index contributed by atoms with van der Waals surface area (Å²) in [5.74, 6) is 0. The molecule has 0 amide bonds. The van der Waals surface area contributed by atoms with E-state index in [9.17, 15) is 0 Å². The van der Waals surface area contributed by atoms with Gasteiger partial charge in [-0.3, -0.25) is 0 Å². The molecule has 0 fully saturated rings. The molecule has 10 rings (SSSR count). The fourth-order valence-corrected chi connectivity index (χ4v) is 8.69. The fraction of sp³-hybridized carbons (Fsp3) is 0.0566. The highest BCUT2D eigenvalue weighted by atomic mass is 15.1. The Bertz CT molecular complexity index is 2750. The van der Waals surface area contributed by atoms with Crippen molar-refractivity contribution in [2.45, 2.75) is 19.3 Å². The maximum atomic E-state index is 2.45. The molecule has 9 aromatic rings. The molecule has 1 nitrogen and oxygen atoms in total. The Kier molecular flexibility index (Phi) is 7.56. The van der Waals surface area contributed by atoms with Crippen molar-refractivity contribution in [1.29, 1.82) is 0 Å². The van der Waals surface area contributed by atoms with Gasteiger partial charge in [0.1, 0.15) is 0 Å². The number of hydrogen-bond donors (Lipinski definition) is 0. The second kappa shape index (κ2) is 12.8.